The second-order valence-corrected chi connectivity index (χ2v) is 6.31. The zero-order chi connectivity index (χ0) is 15.8. The van der Waals surface area contributed by atoms with Crippen LogP contribution in [0.15, 0.2) is 0 Å². The Bertz CT molecular complexity index is 369. The second-order valence-electron chi connectivity index (χ2n) is 6.31. The van der Waals surface area contributed by atoms with Crippen LogP contribution in [-0.4, -0.2) is 85.9 Å². The van der Waals surface area contributed by atoms with Gasteiger partial charge in [-0.05, 0) is 19.9 Å². The molecule has 0 spiro atoms. The molecule has 0 unspecified atom stereocenters. The fourth-order valence-electron chi connectivity index (χ4n) is 3.16. The highest BCUT2D eigenvalue weighted by Crippen LogP contribution is 2.11. The monoisotopic (exact) mass is 382 g/mol. The summed E-state index contributed by atoms with van der Waals surface area (Å²) in [6.07, 6.45) is 5.33. The lowest BCUT2D eigenvalue weighted by molar-refractivity contribution is -0.135. The molecule has 0 radical (unpaired) electrons. The molecule has 6 nitrogen and oxygen atoms in total. The SMILES string of the molecule is CNCCC(=O)N1CCN(CC(=O)N2CCCCCC2)CC1.Cl.Cl. The first-order valence-corrected chi connectivity index (χ1v) is 8.63. The summed E-state index contributed by atoms with van der Waals surface area (Å²) in [6, 6.07) is 0. The molecule has 2 rings (SSSR count). The minimum atomic E-state index is 0. The number of nitrogens with zero attached hydrogens (tertiary/aromatic N) is 3. The highest BCUT2D eigenvalue weighted by molar-refractivity contribution is 5.85. The Kier molecular flexibility index (Phi) is 12.5. The van der Waals surface area contributed by atoms with Crippen molar-refractivity contribution in [1.29, 1.82) is 0 Å². The number of rotatable bonds is 5. The van der Waals surface area contributed by atoms with Gasteiger partial charge >= 0.3 is 0 Å². The lowest BCUT2D eigenvalue weighted by atomic mass is 10.2. The first-order valence-electron chi connectivity index (χ1n) is 8.63. The van der Waals surface area contributed by atoms with Crippen LogP contribution in [0, 0.1) is 0 Å². The van der Waals surface area contributed by atoms with Crippen molar-refractivity contribution in [2.45, 2.75) is 32.1 Å². The maximum Gasteiger partial charge on any atom is 0.236 e. The standard InChI is InChI=1S/C16H30N4O2.2ClH/c1-17-7-6-15(21)20-12-10-18(11-13-20)14-16(22)19-8-4-2-3-5-9-19;;/h17H,2-14H2,1H3;2*1H. The lowest BCUT2D eigenvalue weighted by Crippen LogP contribution is -2.51. The number of amides is 2. The van der Waals surface area contributed by atoms with E-state index in [1.807, 2.05) is 16.8 Å². The van der Waals surface area contributed by atoms with Crippen molar-refractivity contribution in [2.75, 3.05) is 59.4 Å². The predicted molar refractivity (Wildman–Crippen MR) is 101 cm³/mol. The van der Waals surface area contributed by atoms with E-state index in [1.54, 1.807) is 0 Å². The highest BCUT2D eigenvalue weighted by atomic mass is 35.5. The van der Waals surface area contributed by atoms with Crippen LogP contribution in [0.1, 0.15) is 32.1 Å². The van der Waals surface area contributed by atoms with Gasteiger partial charge in [0.15, 0.2) is 0 Å². The van der Waals surface area contributed by atoms with Gasteiger partial charge in [-0.15, -0.1) is 24.8 Å². The fourth-order valence-corrected chi connectivity index (χ4v) is 3.16. The quantitative estimate of drug-likeness (QED) is 0.769. The molecule has 2 aliphatic rings. The van der Waals surface area contributed by atoms with Crippen LogP contribution >= 0.6 is 24.8 Å². The number of nitrogens with one attached hydrogen (secondary N) is 1. The average Bonchev–Trinajstić information content (AvgIpc) is 2.82. The normalized spacial score (nSPS) is 19.0. The van der Waals surface area contributed by atoms with E-state index in [-0.39, 0.29) is 36.6 Å². The molecule has 142 valence electrons. The molecule has 2 fully saturated rings. The molecule has 2 saturated heterocycles. The van der Waals surface area contributed by atoms with Crippen LogP contribution in [0.2, 0.25) is 0 Å². The summed E-state index contributed by atoms with van der Waals surface area (Å²) in [5.74, 6) is 0.477. The van der Waals surface area contributed by atoms with Crippen LogP contribution in [-0.2, 0) is 9.59 Å². The van der Waals surface area contributed by atoms with E-state index in [1.165, 1.54) is 12.8 Å². The smallest absolute Gasteiger partial charge is 0.236 e. The molecule has 2 amide bonds. The highest BCUT2D eigenvalue weighted by Gasteiger charge is 2.24. The van der Waals surface area contributed by atoms with Crippen molar-refractivity contribution in [2.24, 2.45) is 0 Å². The Morgan fingerprint density at radius 1 is 0.792 bits per heavy atom. The molecule has 0 aromatic rings. The van der Waals surface area contributed by atoms with Crippen LogP contribution in [0.5, 0.6) is 0 Å². The fraction of sp³-hybridized carbons (Fsp3) is 0.875. The summed E-state index contributed by atoms with van der Waals surface area (Å²) in [5, 5.41) is 3.01. The van der Waals surface area contributed by atoms with E-state index in [4.69, 9.17) is 0 Å². The molecule has 0 bridgehead atoms. The molecule has 1 N–H and O–H groups in total. The van der Waals surface area contributed by atoms with Crippen molar-refractivity contribution < 1.29 is 9.59 Å². The van der Waals surface area contributed by atoms with Crippen LogP contribution < -0.4 is 5.32 Å². The van der Waals surface area contributed by atoms with Crippen LogP contribution in [0.3, 0.4) is 0 Å². The number of halogens is 2. The molecule has 24 heavy (non-hydrogen) atoms. The summed E-state index contributed by atoms with van der Waals surface area (Å²) in [5.41, 5.74) is 0. The van der Waals surface area contributed by atoms with E-state index in [0.717, 1.165) is 58.7 Å². The minimum Gasteiger partial charge on any atom is -0.342 e. The largest absolute Gasteiger partial charge is 0.342 e. The zero-order valence-corrected chi connectivity index (χ0v) is 16.3. The van der Waals surface area contributed by atoms with Gasteiger partial charge in [-0.2, -0.15) is 0 Å². The Balaban J connectivity index is 0.00000264. The van der Waals surface area contributed by atoms with E-state index in [9.17, 15) is 9.59 Å². The van der Waals surface area contributed by atoms with Gasteiger partial charge in [-0.3, -0.25) is 14.5 Å². The van der Waals surface area contributed by atoms with Crippen LogP contribution in [0.25, 0.3) is 0 Å². The van der Waals surface area contributed by atoms with Crippen molar-refractivity contribution in [3.8, 4) is 0 Å². The molecule has 0 atom stereocenters. The van der Waals surface area contributed by atoms with Gasteiger partial charge in [0.2, 0.25) is 11.8 Å². The average molecular weight is 383 g/mol. The van der Waals surface area contributed by atoms with E-state index in [2.05, 4.69) is 10.2 Å². The van der Waals surface area contributed by atoms with Gasteiger partial charge in [0, 0.05) is 52.2 Å². The topological polar surface area (TPSA) is 55.9 Å². The first kappa shape index (κ1) is 23.4. The third-order valence-electron chi connectivity index (χ3n) is 4.63. The summed E-state index contributed by atoms with van der Waals surface area (Å²) in [7, 11) is 1.86. The van der Waals surface area contributed by atoms with E-state index < -0.39 is 0 Å². The van der Waals surface area contributed by atoms with Crippen molar-refractivity contribution in [1.82, 2.24) is 20.0 Å². The number of piperazine rings is 1. The Hall–Kier alpha value is -0.560. The molecular weight excluding hydrogens is 351 g/mol. The maximum atomic E-state index is 12.4. The Morgan fingerprint density at radius 2 is 1.33 bits per heavy atom. The number of hydrogen-bond acceptors (Lipinski definition) is 4. The summed E-state index contributed by atoms with van der Waals surface area (Å²) >= 11 is 0. The van der Waals surface area contributed by atoms with Gasteiger partial charge in [-0.1, -0.05) is 12.8 Å². The molecule has 0 aliphatic carbocycles. The molecule has 0 aromatic heterocycles. The lowest BCUT2D eigenvalue weighted by Gasteiger charge is -2.35. The van der Waals surface area contributed by atoms with E-state index >= 15 is 0 Å². The minimum absolute atomic E-state index is 0. The van der Waals surface area contributed by atoms with Gasteiger partial charge in [0.05, 0.1) is 6.54 Å². The van der Waals surface area contributed by atoms with Gasteiger partial charge in [-0.25, -0.2) is 0 Å². The van der Waals surface area contributed by atoms with Crippen molar-refractivity contribution >= 4 is 36.6 Å². The number of likely N-dealkylation sites (tertiary alicyclic amines) is 1. The molecular formula is C16H32Cl2N4O2. The van der Waals surface area contributed by atoms with Gasteiger partial charge in [0.1, 0.15) is 0 Å². The van der Waals surface area contributed by atoms with E-state index in [0.29, 0.717) is 13.0 Å². The van der Waals surface area contributed by atoms with Crippen LogP contribution in [0.4, 0.5) is 0 Å². The Labute approximate surface area is 158 Å². The third-order valence-corrected chi connectivity index (χ3v) is 4.63. The number of hydrogen-bond donors (Lipinski definition) is 1. The Morgan fingerprint density at radius 3 is 1.88 bits per heavy atom. The van der Waals surface area contributed by atoms with Gasteiger partial charge in [0.25, 0.3) is 0 Å². The maximum absolute atomic E-state index is 12.4. The molecule has 2 aliphatic heterocycles. The number of carbonyl (C=O) groups excluding carboxylic acids is 2. The second kappa shape index (κ2) is 12.8. The number of carbonyl (C=O) groups is 2. The molecule has 0 saturated carbocycles. The zero-order valence-electron chi connectivity index (χ0n) is 14.7. The van der Waals surface area contributed by atoms with Gasteiger partial charge < -0.3 is 15.1 Å². The summed E-state index contributed by atoms with van der Waals surface area (Å²) in [4.78, 5) is 30.5. The van der Waals surface area contributed by atoms with Crippen molar-refractivity contribution in [3.05, 3.63) is 0 Å². The molecule has 8 heteroatoms. The molecule has 2 heterocycles. The van der Waals surface area contributed by atoms with Crippen molar-refractivity contribution in [3.63, 3.8) is 0 Å². The third kappa shape index (κ3) is 7.55. The predicted octanol–water partition coefficient (Wildman–Crippen LogP) is 0.986. The summed E-state index contributed by atoms with van der Waals surface area (Å²) < 4.78 is 0. The first-order chi connectivity index (χ1) is 10.7. The molecule has 0 aromatic carbocycles. The summed E-state index contributed by atoms with van der Waals surface area (Å²) in [6.45, 7) is 6.19.